The molecular weight excluding hydrogens is 406 g/mol. The number of H-pyrrole nitrogens is 1. The Morgan fingerprint density at radius 2 is 2.32 bits per heavy atom. The Balaban J connectivity index is 1.70. The predicted octanol–water partition coefficient (Wildman–Crippen LogP) is 3.60. The quantitative estimate of drug-likeness (QED) is 0.638. The maximum Gasteiger partial charge on any atom is 0.258 e. The molecule has 6 nitrogen and oxygen atoms in total. The number of rotatable bonds is 4. The van der Waals surface area contributed by atoms with Gasteiger partial charge in [-0.2, -0.15) is 5.10 Å². The van der Waals surface area contributed by atoms with Gasteiger partial charge in [0.2, 0.25) is 0 Å². The molecule has 10 heteroatoms. The second-order valence-corrected chi connectivity index (χ2v) is 7.95. The highest BCUT2D eigenvalue weighted by atomic mass is 79.9. The van der Waals surface area contributed by atoms with Gasteiger partial charge in [-0.05, 0) is 34.2 Å². The third-order valence-electron chi connectivity index (χ3n) is 2.91. The van der Waals surface area contributed by atoms with Crippen molar-refractivity contribution in [1.29, 1.82) is 0 Å². The average Bonchev–Trinajstić information content (AvgIpc) is 3.17. The molecule has 0 aliphatic rings. The molecule has 0 bridgehead atoms. The van der Waals surface area contributed by atoms with E-state index in [9.17, 15) is 4.79 Å². The minimum Gasteiger partial charge on any atom is -0.307 e. The summed E-state index contributed by atoms with van der Waals surface area (Å²) in [5.74, 6) is 0.635. The molecule has 0 unspecified atom stereocenters. The lowest BCUT2D eigenvalue weighted by molar-refractivity contribution is 0.102. The van der Waals surface area contributed by atoms with Crippen molar-refractivity contribution in [3.8, 4) is 0 Å². The Morgan fingerprint density at radius 1 is 1.50 bits per heavy atom. The van der Waals surface area contributed by atoms with E-state index in [0.717, 1.165) is 15.3 Å². The summed E-state index contributed by atoms with van der Waals surface area (Å²) < 4.78 is 3.29. The highest BCUT2D eigenvalue weighted by molar-refractivity contribution is 9.11. The molecule has 2 N–H and O–H groups in total. The van der Waals surface area contributed by atoms with Gasteiger partial charge in [-0.3, -0.25) is 15.2 Å². The van der Waals surface area contributed by atoms with Crippen LogP contribution in [0.15, 0.2) is 20.6 Å². The van der Waals surface area contributed by atoms with Crippen LogP contribution in [0.5, 0.6) is 0 Å². The lowest BCUT2D eigenvalue weighted by Gasteiger charge is -1.99. The monoisotopic (exact) mass is 415 g/mol. The molecule has 22 heavy (non-hydrogen) atoms. The molecule has 0 aromatic carbocycles. The summed E-state index contributed by atoms with van der Waals surface area (Å²) in [5, 5.41) is 13.9. The zero-order valence-corrected chi connectivity index (χ0v) is 15.3. The van der Waals surface area contributed by atoms with Crippen molar-refractivity contribution in [2.75, 3.05) is 5.32 Å². The molecule has 0 radical (unpaired) electrons. The summed E-state index contributed by atoms with van der Waals surface area (Å²) in [5.41, 5.74) is 1.45. The van der Waals surface area contributed by atoms with Crippen LogP contribution in [0.25, 0.3) is 0 Å². The average molecular weight is 416 g/mol. The Labute approximate surface area is 147 Å². The highest BCUT2D eigenvalue weighted by Crippen LogP contribution is 2.23. The third kappa shape index (κ3) is 3.35. The molecule has 0 saturated carbocycles. The summed E-state index contributed by atoms with van der Waals surface area (Å²) in [6.45, 7) is 0. The number of nitrogens with one attached hydrogen (secondary N) is 2. The van der Waals surface area contributed by atoms with E-state index in [4.69, 9.17) is 12.2 Å². The summed E-state index contributed by atoms with van der Waals surface area (Å²) in [6, 6.07) is 1.78. The van der Waals surface area contributed by atoms with Gasteiger partial charge in [0, 0.05) is 17.8 Å². The fourth-order valence-electron chi connectivity index (χ4n) is 1.74. The summed E-state index contributed by atoms with van der Waals surface area (Å²) >= 11 is 11.3. The zero-order valence-electron chi connectivity index (χ0n) is 11.3. The normalized spacial score (nSPS) is 10.8. The molecule has 3 rings (SSSR count). The van der Waals surface area contributed by atoms with Crippen molar-refractivity contribution < 1.29 is 4.79 Å². The number of hydrogen-bond donors (Lipinski definition) is 2. The van der Waals surface area contributed by atoms with Gasteiger partial charge in [-0.25, -0.2) is 4.98 Å². The number of anilines is 1. The fourth-order valence-corrected chi connectivity index (χ4v) is 3.74. The molecule has 0 atom stereocenters. The first-order chi connectivity index (χ1) is 10.5. The standard InChI is InChI=1S/C12H10BrN5OS3/c1-18-9(16-17-12(18)20)3-7-5-22-11(14-7)15-10(19)6-2-8(13)21-4-6/h2,4-5H,3H2,1H3,(H,17,20)(H,14,15,19). The number of nitrogens with zero attached hydrogens (tertiary/aromatic N) is 3. The van der Waals surface area contributed by atoms with Crippen molar-refractivity contribution in [2.45, 2.75) is 6.42 Å². The van der Waals surface area contributed by atoms with Gasteiger partial charge in [-0.15, -0.1) is 22.7 Å². The lowest BCUT2D eigenvalue weighted by atomic mass is 10.3. The van der Waals surface area contributed by atoms with Crippen LogP contribution in [0, 0.1) is 4.77 Å². The van der Waals surface area contributed by atoms with Crippen LogP contribution >= 0.6 is 50.8 Å². The van der Waals surface area contributed by atoms with E-state index < -0.39 is 0 Å². The number of thiazole rings is 1. The predicted molar refractivity (Wildman–Crippen MR) is 93.3 cm³/mol. The maximum atomic E-state index is 12.1. The summed E-state index contributed by atoms with van der Waals surface area (Å²) in [6.07, 6.45) is 0.556. The van der Waals surface area contributed by atoms with Crippen LogP contribution in [0.4, 0.5) is 5.13 Å². The minimum absolute atomic E-state index is 0.166. The molecule has 0 aliphatic carbocycles. The van der Waals surface area contributed by atoms with Crippen LogP contribution in [-0.4, -0.2) is 25.7 Å². The number of aromatic nitrogens is 4. The SMILES string of the molecule is Cn1c(Cc2csc(NC(=O)c3csc(Br)c3)n2)n[nH]c1=S. The van der Waals surface area contributed by atoms with E-state index in [1.54, 1.807) is 16.0 Å². The number of carbonyl (C=O) groups is 1. The van der Waals surface area contributed by atoms with Crippen molar-refractivity contribution in [3.05, 3.63) is 42.5 Å². The van der Waals surface area contributed by atoms with Crippen molar-refractivity contribution >= 4 is 61.9 Å². The van der Waals surface area contributed by atoms with Gasteiger partial charge in [0.1, 0.15) is 5.82 Å². The Hall–Kier alpha value is -1.36. The number of carbonyl (C=O) groups excluding carboxylic acids is 1. The first-order valence-corrected chi connectivity index (χ1v) is 9.09. The van der Waals surface area contributed by atoms with E-state index in [2.05, 4.69) is 36.4 Å². The summed E-state index contributed by atoms with van der Waals surface area (Å²) in [7, 11) is 1.85. The number of thiophene rings is 1. The molecule has 3 aromatic heterocycles. The molecule has 3 heterocycles. The smallest absolute Gasteiger partial charge is 0.258 e. The Morgan fingerprint density at radius 3 is 2.95 bits per heavy atom. The topological polar surface area (TPSA) is 75.6 Å². The van der Waals surface area contributed by atoms with Gasteiger partial charge in [0.15, 0.2) is 9.90 Å². The second-order valence-electron chi connectivity index (χ2n) is 4.42. The largest absolute Gasteiger partial charge is 0.307 e. The summed E-state index contributed by atoms with van der Waals surface area (Å²) in [4.78, 5) is 16.5. The van der Waals surface area contributed by atoms with Crippen LogP contribution in [0.3, 0.4) is 0 Å². The second kappa shape index (κ2) is 6.41. The molecule has 1 amide bonds. The highest BCUT2D eigenvalue weighted by Gasteiger charge is 2.12. The first-order valence-electron chi connectivity index (χ1n) is 6.13. The minimum atomic E-state index is -0.166. The van der Waals surface area contributed by atoms with E-state index in [1.165, 1.54) is 22.7 Å². The number of aromatic amines is 1. The molecular formula is C12H10BrN5OS3. The molecule has 0 spiro atoms. The zero-order chi connectivity index (χ0) is 15.7. The number of halogens is 1. The lowest BCUT2D eigenvalue weighted by Crippen LogP contribution is -2.10. The van der Waals surface area contributed by atoms with E-state index >= 15 is 0 Å². The fraction of sp³-hybridized carbons (Fsp3) is 0.167. The van der Waals surface area contributed by atoms with E-state index in [0.29, 0.717) is 21.9 Å². The molecule has 114 valence electrons. The van der Waals surface area contributed by atoms with Crippen molar-refractivity contribution in [3.63, 3.8) is 0 Å². The van der Waals surface area contributed by atoms with E-state index in [1.807, 2.05) is 12.4 Å². The van der Waals surface area contributed by atoms with Crippen LogP contribution in [0.1, 0.15) is 21.9 Å². The maximum absolute atomic E-state index is 12.1. The molecule has 0 fully saturated rings. The van der Waals surface area contributed by atoms with Gasteiger partial charge in [-0.1, -0.05) is 0 Å². The van der Waals surface area contributed by atoms with E-state index in [-0.39, 0.29) is 5.91 Å². The van der Waals surface area contributed by atoms with Gasteiger partial charge < -0.3 is 4.57 Å². The molecule has 0 aliphatic heterocycles. The van der Waals surface area contributed by atoms with Crippen molar-refractivity contribution in [1.82, 2.24) is 19.7 Å². The van der Waals surface area contributed by atoms with Crippen molar-refractivity contribution in [2.24, 2.45) is 7.05 Å². The van der Waals surface area contributed by atoms with Crippen LogP contribution in [-0.2, 0) is 13.5 Å². The number of amides is 1. The molecule has 3 aromatic rings. The number of hydrogen-bond acceptors (Lipinski definition) is 6. The Bertz CT molecular complexity index is 877. The Kier molecular flexibility index (Phi) is 4.52. The van der Waals surface area contributed by atoms with Gasteiger partial charge in [0.05, 0.1) is 21.5 Å². The molecule has 0 saturated heterocycles. The van der Waals surface area contributed by atoms with Gasteiger partial charge in [0.25, 0.3) is 5.91 Å². The van der Waals surface area contributed by atoms with Gasteiger partial charge >= 0.3 is 0 Å². The third-order valence-corrected chi connectivity index (χ3v) is 5.59. The van der Waals surface area contributed by atoms with Crippen LogP contribution < -0.4 is 5.32 Å². The van der Waals surface area contributed by atoms with Crippen LogP contribution in [0.2, 0.25) is 0 Å². The first kappa shape index (κ1) is 15.5.